The standard InChI is InChI=1S/C19H29NO3.ClH/c1-5-13(3)20-10-15(21)11-23-18-9-12(2)16-7-6-8-17(22)19(16)14(18)4;/h9,13,15,20-21H,5-8,10-11H2,1-4H3;1H. The number of ether oxygens (including phenoxy) is 1. The van der Waals surface area contributed by atoms with Crippen molar-refractivity contribution in [1.82, 2.24) is 5.32 Å². The van der Waals surface area contributed by atoms with E-state index in [-0.39, 0.29) is 24.8 Å². The van der Waals surface area contributed by atoms with Crippen LogP contribution in [0.2, 0.25) is 0 Å². The summed E-state index contributed by atoms with van der Waals surface area (Å²) < 4.78 is 5.82. The molecule has 136 valence electrons. The van der Waals surface area contributed by atoms with Gasteiger partial charge in [-0.1, -0.05) is 6.92 Å². The Bertz CT molecular complexity index is 574. The molecule has 0 fully saturated rings. The third kappa shape index (κ3) is 4.95. The topological polar surface area (TPSA) is 58.6 Å². The van der Waals surface area contributed by atoms with E-state index in [1.807, 2.05) is 19.9 Å². The summed E-state index contributed by atoms with van der Waals surface area (Å²) in [7, 11) is 0. The Morgan fingerprint density at radius 3 is 2.71 bits per heavy atom. The summed E-state index contributed by atoms with van der Waals surface area (Å²) >= 11 is 0. The van der Waals surface area contributed by atoms with Gasteiger partial charge in [0.1, 0.15) is 18.5 Å². The van der Waals surface area contributed by atoms with Crippen molar-refractivity contribution in [3.8, 4) is 5.75 Å². The first-order valence-corrected chi connectivity index (χ1v) is 8.64. The van der Waals surface area contributed by atoms with Crippen molar-refractivity contribution in [2.75, 3.05) is 13.2 Å². The molecule has 0 bridgehead atoms. The van der Waals surface area contributed by atoms with Gasteiger partial charge in [-0.25, -0.2) is 0 Å². The van der Waals surface area contributed by atoms with Gasteiger partial charge >= 0.3 is 0 Å². The van der Waals surface area contributed by atoms with Crippen LogP contribution in [0.25, 0.3) is 0 Å². The molecular formula is C19H30ClNO3. The fourth-order valence-electron chi connectivity index (χ4n) is 3.07. The van der Waals surface area contributed by atoms with E-state index < -0.39 is 6.10 Å². The van der Waals surface area contributed by atoms with E-state index in [0.717, 1.165) is 41.7 Å². The second-order valence-corrected chi connectivity index (χ2v) is 6.63. The summed E-state index contributed by atoms with van der Waals surface area (Å²) in [6.07, 6.45) is 2.99. The fraction of sp³-hybridized carbons (Fsp3) is 0.632. The SMILES string of the molecule is CCC(C)NCC(O)COc1cc(C)c2c(c1C)C(=O)CCC2.Cl. The van der Waals surface area contributed by atoms with Gasteiger partial charge in [0.15, 0.2) is 5.78 Å². The predicted octanol–water partition coefficient (Wildman–Crippen LogP) is 3.37. The first-order valence-electron chi connectivity index (χ1n) is 8.64. The van der Waals surface area contributed by atoms with Gasteiger partial charge in [0.25, 0.3) is 0 Å². The Kier molecular flexibility index (Phi) is 8.20. The molecule has 1 aliphatic carbocycles. The number of aliphatic hydroxyl groups excluding tert-OH is 1. The highest BCUT2D eigenvalue weighted by atomic mass is 35.5. The van der Waals surface area contributed by atoms with Crippen LogP contribution in [-0.2, 0) is 6.42 Å². The number of aryl methyl sites for hydroxylation is 1. The second-order valence-electron chi connectivity index (χ2n) is 6.63. The fourth-order valence-corrected chi connectivity index (χ4v) is 3.07. The van der Waals surface area contributed by atoms with Crippen molar-refractivity contribution >= 4 is 18.2 Å². The summed E-state index contributed by atoms with van der Waals surface area (Å²) in [4.78, 5) is 12.2. The molecule has 0 radical (unpaired) electrons. The maximum Gasteiger partial charge on any atom is 0.163 e. The van der Waals surface area contributed by atoms with Crippen LogP contribution in [0.5, 0.6) is 5.75 Å². The molecule has 2 atom stereocenters. The maximum absolute atomic E-state index is 12.2. The molecule has 0 heterocycles. The lowest BCUT2D eigenvalue weighted by atomic mass is 9.84. The number of rotatable bonds is 7. The normalized spacial score (nSPS) is 16.1. The quantitative estimate of drug-likeness (QED) is 0.787. The van der Waals surface area contributed by atoms with Crippen molar-refractivity contribution < 1.29 is 14.6 Å². The number of aliphatic hydroxyl groups is 1. The molecule has 24 heavy (non-hydrogen) atoms. The third-order valence-electron chi connectivity index (χ3n) is 4.72. The van der Waals surface area contributed by atoms with Gasteiger partial charge in [-0.15, -0.1) is 12.4 Å². The zero-order chi connectivity index (χ0) is 17.0. The molecule has 2 unspecified atom stereocenters. The molecule has 2 rings (SSSR count). The Hall–Kier alpha value is -1.10. The molecule has 2 N–H and O–H groups in total. The van der Waals surface area contributed by atoms with Crippen LogP contribution < -0.4 is 10.1 Å². The van der Waals surface area contributed by atoms with E-state index in [9.17, 15) is 9.90 Å². The number of carbonyl (C=O) groups is 1. The van der Waals surface area contributed by atoms with Gasteiger partial charge in [0, 0.05) is 30.1 Å². The number of benzene rings is 1. The molecular weight excluding hydrogens is 326 g/mol. The number of hydrogen-bond acceptors (Lipinski definition) is 4. The molecule has 0 amide bonds. The summed E-state index contributed by atoms with van der Waals surface area (Å²) in [6, 6.07) is 2.39. The minimum Gasteiger partial charge on any atom is -0.491 e. The predicted molar refractivity (Wildman–Crippen MR) is 99.7 cm³/mol. The number of Topliss-reactive ketones (excluding diaryl/α,β-unsaturated/α-hetero) is 1. The molecule has 0 aromatic heterocycles. The van der Waals surface area contributed by atoms with Crippen LogP contribution in [0, 0.1) is 13.8 Å². The van der Waals surface area contributed by atoms with E-state index in [2.05, 4.69) is 19.2 Å². The molecule has 0 saturated carbocycles. The van der Waals surface area contributed by atoms with Crippen molar-refractivity contribution in [2.45, 2.75) is 65.5 Å². The smallest absolute Gasteiger partial charge is 0.163 e. The highest BCUT2D eigenvalue weighted by Crippen LogP contribution is 2.33. The number of halogens is 1. The van der Waals surface area contributed by atoms with Gasteiger partial charge in [-0.2, -0.15) is 0 Å². The van der Waals surface area contributed by atoms with Crippen molar-refractivity contribution in [1.29, 1.82) is 0 Å². The lowest BCUT2D eigenvalue weighted by Crippen LogP contribution is -2.36. The molecule has 4 nitrogen and oxygen atoms in total. The van der Waals surface area contributed by atoms with Gasteiger partial charge < -0.3 is 15.2 Å². The minimum atomic E-state index is -0.560. The van der Waals surface area contributed by atoms with Crippen LogP contribution in [0.4, 0.5) is 0 Å². The van der Waals surface area contributed by atoms with Crippen molar-refractivity contribution in [3.05, 3.63) is 28.3 Å². The molecule has 1 aliphatic rings. The van der Waals surface area contributed by atoms with E-state index in [4.69, 9.17) is 4.74 Å². The average molecular weight is 356 g/mol. The Balaban J connectivity index is 0.00000288. The number of nitrogens with one attached hydrogen (secondary N) is 1. The molecule has 0 aliphatic heterocycles. The number of ketones is 1. The van der Waals surface area contributed by atoms with Crippen molar-refractivity contribution in [3.63, 3.8) is 0 Å². The average Bonchev–Trinajstić information content (AvgIpc) is 2.54. The highest BCUT2D eigenvalue weighted by Gasteiger charge is 2.23. The Labute approximate surface area is 151 Å². The molecule has 0 saturated heterocycles. The molecule has 1 aromatic rings. The van der Waals surface area contributed by atoms with Crippen LogP contribution in [0.15, 0.2) is 6.07 Å². The molecule has 1 aromatic carbocycles. The van der Waals surface area contributed by atoms with Crippen LogP contribution >= 0.6 is 12.4 Å². The number of carbonyl (C=O) groups excluding carboxylic acids is 1. The second kappa shape index (κ2) is 9.40. The van der Waals surface area contributed by atoms with Gasteiger partial charge in [-0.05, 0) is 57.2 Å². The van der Waals surface area contributed by atoms with Crippen LogP contribution in [0.1, 0.15) is 60.2 Å². The molecule has 0 spiro atoms. The molecule has 5 heteroatoms. The summed E-state index contributed by atoms with van der Waals surface area (Å²) in [5.74, 6) is 0.940. The van der Waals surface area contributed by atoms with E-state index in [0.29, 0.717) is 19.0 Å². The third-order valence-corrected chi connectivity index (χ3v) is 4.72. The van der Waals surface area contributed by atoms with Crippen LogP contribution in [-0.4, -0.2) is 36.2 Å². The zero-order valence-corrected chi connectivity index (χ0v) is 16.0. The Morgan fingerprint density at radius 2 is 2.04 bits per heavy atom. The van der Waals surface area contributed by atoms with E-state index in [1.54, 1.807) is 0 Å². The monoisotopic (exact) mass is 355 g/mol. The largest absolute Gasteiger partial charge is 0.491 e. The number of fused-ring (bicyclic) bond motifs is 1. The summed E-state index contributed by atoms with van der Waals surface area (Å²) in [5, 5.41) is 13.3. The maximum atomic E-state index is 12.2. The lowest BCUT2D eigenvalue weighted by Gasteiger charge is -2.23. The summed E-state index contributed by atoms with van der Waals surface area (Å²) in [5.41, 5.74) is 4.04. The summed E-state index contributed by atoms with van der Waals surface area (Å²) in [6.45, 7) is 8.92. The first-order chi connectivity index (χ1) is 10.9. The zero-order valence-electron chi connectivity index (χ0n) is 15.1. The lowest BCUT2D eigenvalue weighted by molar-refractivity contribution is 0.0967. The minimum absolute atomic E-state index is 0. The van der Waals surface area contributed by atoms with Gasteiger partial charge in [-0.3, -0.25) is 4.79 Å². The first kappa shape index (κ1) is 20.9. The van der Waals surface area contributed by atoms with Crippen molar-refractivity contribution in [2.24, 2.45) is 0 Å². The van der Waals surface area contributed by atoms with E-state index in [1.165, 1.54) is 5.56 Å². The van der Waals surface area contributed by atoms with Gasteiger partial charge in [0.05, 0.1) is 0 Å². The van der Waals surface area contributed by atoms with E-state index >= 15 is 0 Å². The Morgan fingerprint density at radius 1 is 1.33 bits per heavy atom. The van der Waals surface area contributed by atoms with Gasteiger partial charge in [0.2, 0.25) is 0 Å². The van der Waals surface area contributed by atoms with Crippen LogP contribution in [0.3, 0.4) is 0 Å². The highest BCUT2D eigenvalue weighted by molar-refractivity contribution is 6.00. The number of hydrogen-bond donors (Lipinski definition) is 2.